The number of benzene rings is 1. The summed E-state index contributed by atoms with van der Waals surface area (Å²) in [7, 11) is 0. The van der Waals surface area contributed by atoms with Gasteiger partial charge in [-0.2, -0.15) is 4.98 Å². The van der Waals surface area contributed by atoms with Crippen LogP contribution in [0.15, 0.2) is 56.5 Å². The van der Waals surface area contributed by atoms with Crippen LogP contribution in [0, 0.1) is 0 Å². The summed E-state index contributed by atoms with van der Waals surface area (Å²) in [6, 6.07) is 9.15. The summed E-state index contributed by atoms with van der Waals surface area (Å²) in [5, 5.41) is 4.57. The number of pyridine rings is 1. The van der Waals surface area contributed by atoms with Crippen LogP contribution >= 0.6 is 15.9 Å². The summed E-state index contributed by atoms with van der Waals surface area (Å²) < 4.78 is 7.73. The molecule has 0 radical (unpaired) electrons. The molecule has 7 nitrogen and oxygen atoms in total. The highest BCUT2D eigenvalue weighted by Crippen LogP contribution is 2.20. The molecular weight excluding hydrogens is 398 g/mol. The molecule has 0 amide bonds. The van der Waals surface area contributed by atoms with Crippen molar-refractivity contribution in [3.63, 3.8) is 0 Å². The predicted octanol–water partition coefficient (Wildman–Crippen LogP) is 3.21. The average Bonchev–Trinajstić information content (AvgIpc) is 3.12. The number of para-hydroxylation sites is 1. The van der Waals surface area contributed by atoms with Gasteiger partial charge in [0.1, 0.15) is 5.82 Å². The lowest BCUT2D eigenvalue weighted by molar-refractivity contribution is 0.419. The van der Waals surface area contributed by atoms with E-state index in [1.807, 2.05) is 31.2 Å². The van der Waals surface area contributed by atoms with E-state index in [-0.39, 0.29) is 12.1 Å². The highest BCUT2D eigenvalue weighted by molar-refractivity contribution is 9.10. The van der Waals surface area contributed by atoms with E-state index in [9.17, 15) is 4.79 Å². The lowest BCUT2D eigenvalue weighted by atomic mass is 10.2. The van der Waals surface area contributed by atoms with Crippen LogP contribution in [-0.2, 0) is 13.0 Å². The number of hydrogen-bond acceptors (Lipinski definition) is 6. The Morgan fingerprint density at radius 2 is 2.04 bits per heavy atom. The minimum Gasteiger partial charge on any atom is -0.334 e. The van der Waals surface area contributed by atoms with Gasteiger partial charge < -0.3 is 4.52 Å². The molecular formula is C18H14BrN5O2. The third-order valence-corrected chi connectivity index (χ3v) is 4.41. The highest BCUT2D eigenvalue weighted by atomic mass is 79.9. The van der Waals surface area contributed by atoms with Crippen LogP contribution in [0.25, 0.3) is 22.4 Å². The Balaban J connectivity index is 1.74. The van der Waals surface area contributed by atoms with Crippen molar-refractivity contribution in [1.29, 1.82) is 0 Å². The van der Waals surface area contributed by atoms with Crippen LogP contribution in [0.5, 0.6) is 0 Å². The summed E-state index contributed by atoms with van der Waals surface area (Å²) in [5.41, 5.74) is 1.29. The number of fused-ring (bicyclic) bond motifs is 1. The molecule has 0 spiro atoms. The molecule has 0 bridgehead atoms. The minimum absolute atomic E-state index is 0.108. The molecule has 0 fully saturated rings. The molecule has 0 saturated heterocycles. The third-order valence-electron chi connectivity index (χ3n) is 3.98. The number of aromatic nitrogens is 5. The number of nitrogens with zero attached hydrogens (tertiary/aromatic N) is 5. The van der Waals surface area contributed by atoms with Gasteiger partial charge in [-0.1, -0.05) is 24.2 Å². The monoisotopic (exact) mass is 411 g/mol. The molecule has 130 valence electrons. The Morgan fingerprint density at radius 3 is 2.85 bits per heavy atom. The molecule has 26 heavy (non-hydrogen) atoms. The van der Waals surface area contributed by atoms with Crippen LogP contribution in [0.2, 0.25) is 0 Å². The van der Waals surface area contributed by atoms with E-state index in [4.69, 9.17) is 4.52 Å². The first kappa shape index (κ1) is 16.6. The maximum absolute atomic E-state index is 12.9. The number of halogens is 1. The molecule has 1 aromatic carbocycles. The quantitative estimate of drug-likeness (QED) is 0.512. The van der Waals surface area contributed by atoms with Crippen LogP contribution in [0.1, 0.15) is 18.6 Å². The van der Waals surface area contributed by atoms with Gasteiger partial charge in [0.05, 0.1) is 23.0 Å². The summed E-state index contributed by atoms with van der Waals surface area (Å²) in [6.07, 6.45) is 3.94. The van der Waals surface area contributed by atoms with E-state index >= 15 is 0 Å². The molecule has 0 saturated carbocycles. The van der Waals surface area contributed by atoms with Crippen molar-refractivity contribution in [2.24, 2.45) is 0 Å². The second kappa shape index (κ2) is 6.80. The molecule has 0 aliphatic rings. The summed E-state index contributed by atoms with van der Waals surface area (Å²) in [5.74, 6) is 1.45. The molecule has 0 atom stereocenters. The van der Waals surface area contributed by atoms with Crippen molar-refractivity contribution >= 4 is 26.8 Å². The van der Waals surface area contributed by atoms with E-state index in [1.54, 1.807) is 23.0 Å². The van der Waals surface area contributed by atoms with Gasteiger partial charge in [0.15, 0.2) is 5.82 Å². The summed E-state index contributed by atoms with van der Waals surface area (Å²) in [6.45, 7) is 2.16. The van der Waals surface area contributed by atoms with Crippen molar-refractivity contribution in [2.75, 3.05) is 0 Å². The van der Waals surface area contributed by atoms with Crippen LogP contribution < -0.4 is 5.56 Å². The van der Waals surface area contributed by atoms with Crippen LogP contribution in [0.3, 0.4) is 0 Å². The Hall–Kier alpha value is -2.87. The van der Waals surface area contributed by atoms with E-state index in [0.717, 1.165) is 4.47 Å². The summed E-state index contributed by atoms with van der Waals surface area (Å²) in [4.78, 5) is 25.9. The lowest BCUT2D eigenvalue weighted by Gasteiger charge is -2.10. The van der Waals surface area contributed by atoms with Gasteiger partial charge in [-0.3, -0.25) is 14.3 Å². The highest BCUT2D eigenvalue weighted by Gasteiger charge is 2.14. The third kappa shape index (κ3) is 3.03. The van der Waals surface area contributed by atoms with Crippen LogP contribution in [-0.4, -0.2) is 24.7 Å². The Morgan fingerprint density at radius 1 is 1.19 bits per heavy atom. The summed E-state index contributed by atoms with van der Waals surface area (Å²) >= 11 is 3.37. The smallest absolute Gasteiger partial charge is 0.261 e. The lowest BCUT2D eigenvalue weighted by Crippen LogP contribution is -2.26. The number of rotatable bonds is 4. The topological polar surface area (TPSA) is 86.7 Å². The first-order valence-electron chi connectivity index (χ1n) is 8.07. The Labute approximate surface area is 156 Å². The van der Waals surface area contributed by atoms with Crippen molar-refractivity contribution in [3.05, 3.63) is 69.2 Å². The number of hydrogen-bond donors (Lipinski definition) is 0. The SMILES string of the molecule is CCc1nc2ccccc2c(=O)n1Cc1noc(-c2cncc(Br)c2)n1. The van der Waals surface area contributed by atoms with E-state index in [1.165, 1.54) is 0 Å². The average molecular weight is 412 g/mol. The zero-order valence-electron chi connectivity index (χ0n) is 13.9. The Kier molecular flexibility index (Phi) is 4.34. The van der Waals surface area contributed by atoms with Crippen molar-refractivity contribution in [1.82, 2.24) is 24.7 Å². The second-order valence-corrected chi connectivity index (χ2v) is 6.61. The van der Waals surface area contributed by atoms with E-state index in [2.05, 4.69) is 36.0 Å². The molecule has 0 aliphatic carbocycles. The fourth-order valence-electron chi connectivity index (χ4n) is 2.75. The van der Waals surface area contributed by atoms with Gasteiger partial charge in [0, 0.05) is 23.3 Å². The fourth-order valence-corrected chi connectivity index (χ4v) is 3.12. The molecule has 8 heteroatoms. The standard InChI is InChI=1S/C18H14BrN5O2/c1-2-16-21-14-6-4-3-5-13(14)18(25)24(16)10-15-22-17(26-23-15)11-7-12(19)9-20-8-11/h3-9H,2,10H2,1H3. The molecule has 4 aromatic rings. The molecule has 4 rings (SSSR count). The maximum atomic E-state index is 12.9. The van der Waals surface area contributed by atoms with Crippen molar-refractivity contribution < 1.29 is 4.52 Å². The molecule has 0 aliphatic heterocycles. The predicted molar refractivity (Wildman–Crippen MR) is 99.7 cm³/mol. The zero-order valence-corrected chi connectivity index (χ0v) is 15.5. The van der Waals surface area contributed by atoms with E-state index < -0.39 is 0 Å². The van der Waals surface area contributed by atoms with Crippen molar-refractivity contribution in [3.8, 4) is 11.5 Å². The first-order valence-corrected chi connectivity index (χ1v) is 8.87. The molecule has 0 N–H and O–H groups in total. The largest absolute Gasteiger partial charge is 0.334 e. The van der Waals surface area contributed by atoms with Crippen molar-refractivity contribution in [2.45, 2.75) is 19.9 Å². The normalized spacial score (nSPS) is 11.2. The van der Waals surface area contributed by atoms with Gasteiger partial charge in [0.2, 0.25) is 0 Å². The van der Waals surface area contributed by atoms with Gasteiger partial charge in [-0.15, -0.1) is 0 Å². The van der Waals surface area contributed by atoms with Gasteiger partial charge >= 0.3 is 0 Å². The fraction of sp³-hybridized carbons (Fsp3) is 0.167. The zero-order chi connectivity index (χ0) is 18.1. The molecule has 3 heterocycles. The second-order valence-electron chi connectivity index (χ2n) is 5.70. The minimum atomic E-state index is -0.108. The van der Waals surface area contributed by atoms with E-state index in [0.29, 0.717) is 40.4 Å². The van der Waals surface area contributed by atoms with Crippen LogP contribution in [0.4, 0.5) is 0 Å². The molecule has 0 unspecified atom stereocenters. The van der Waals surface area contributed by atoms with Gasteiger partial charge in [-0.25, -0.2) is 4.98 Å². The Bertz CT molecular complexity index is 1150. The number of aryl methyl sites for hydroxylation is 1. The van der Waals surface area contributed by atoms with Gasteiger partial charge in [-0.05, 0) is 34.1 Å². The first-order chi connectivity index (χ1) is 12.7. The maximum Gasteiger partial charge on any atom is 0.261 e. The molecule has 3 aromatic heterocycles. The van der Waals surface area contributed by atoms with Gasteiger partial charge in [0.25, 0.3) is 11.4 Å².